The first kappa shape index (κ1) is 14.8. The average molecular weight is 273 g/mol. The van der Waals surface area contributed by atoms with Gasteiger partial charge in [0.1, 0.15) is 0 Å². The summed E-state index contributed by atoms with van der Waals surface area (Å²) in [5.74, 6) is 0. The highest BCUT2D eigenvalue weighted by Gasteiger charge is 2.16. The van der Waals surface area contributed by atoms with E-state index in [9.17, 15) is 0 Å². The summed E-state index contributed by atoms with van der Waals surface area (Å²) < 4.78 is 5.42. The lowest BCUT2D eigenvalue weighted by molar-refractivity contribution is 0.105. The first-order valence-electron chi connectivity index (χ1n) is 7.28. The molecule has 0 N–H and O–H groups in total. The quantitative estimate of drug-likeness (QED) is 0.744. The van der Waals surface area contributed by atoms with Gasteiger partial charge in [-0.2, -0.15) is 5.26 Å². The van der Waals surface area contributed by atoms with Gasteiger partial charge >= 0.3 is 0 Å². The number of hydrogen-bond donors (Lipinski definition) is 0. The molecular formula is C16H23N3O. The Labute approximate surface area is 121 Å². The van der Waals surface area contributed by atoms with E-state index in [1.165, 1.54) is 11.3 Å². The number of benzene rings is 1. The van der Waals surface area contributed by atoms with Crippen LogP contribution in [0.1, 0.15) is 12.0 Å². The SMILES string of the molecule is Cc1ccc(N2CCN(CCOCCC#N)CC2)cc1. The highest BCUT2D eigenvalue weighted by Crippen LogP contribution is 2.16. The van der Waals surface area contributed by atoms with E-state index >= 15 is 0 Å². The predicted octanol–water partition coefficient (Wildman–Crippen LogP) is 2.05. The van der Waals surface area contributed by atoms with Gasteiger partial charge in [0.25, 0.3) is 0 Å². The minimum atomic E-state index is 0.487. The molecule has 1 fully saturated rings. The molecule has 108 valence electrons. The largest absolute Gasteiger partial charge is 0.379 e. The number of ether oxygens (including phenoxy) is 1. The topological polar surface area (TPSA) is 39.5 Å². The Hall–Kier alpha value is -1.57. The molecule has 0 aromatic heterocycles. The molecule has 1 aliphatic heterocycles. The Bertz CT molecular complexity index is 430. The van der Waals surface area contributed by atoms with Crippen molar-refractivity contribution in [3.63, 3.8) is 0 Å². The molecule has 1 aromatic carbocycles. The molecule has 1 heterocycles. The number of anilines is 1. The van der Waals surface area contributed by atoms with Crippen LogP contribution in [0.5, 0.6) is 0 Å². The summed E-state index contributed by atoms with van der Waals surface area (Å²) in [4.78, 5) is 4.86. The van der Waals surface area contributed by atoms with E-state index in [0.29, 0.717) is 13.0 Å². The van der Waals surface area contributed by atoms with Gasteiger partial charge in [0.2, 0.25) is 0 Å². The molecule has 1 aromatic rings. The third-order valence-corrected chi connectivity index (χ3v) is 3.68. The summed E-state index contributed by atoms with van der Waals surface area (Å²) in [5, 5.41) is 8.42. The minimum Gasteiger partial charge on any atom is -0.379 e. The van der Waals surface area contributed by atoms with E-state index < -0.39 is 0 Å². The standard InChI is InChI=1S/C16H23N3O/c1-15-3-5-16(6-4-15)19-10-8-18(9-11-19)12-14-20-13-2-7-17/h3-6H,2,8-14H2,1H3. The molecule has 1 aliphatic rings. The van der Waals surface area contributed by atoms with Crippen LogP contribution in [-0.2, 0) is 4.74 Å². The Balaban J connectivity index is 1.67. The van der Waals surface area contributed by atoms with E-state index in [2.05, 4.69) is 47.1 Å². The van der Waals surface area contributed by atoms with E-state index in [-0.39, 0.29) is 0 Å². The third kappa shape index (κ3) is 4.52. The molecule has 0 spiro atoms. The Kier molecular flexibility index (Phi) is 5.85. The van der Waals surface area contributed by atoms with Gasteiger partial charge in [-0.05, 0) is 19.1 Å². The maximum Gasteiger partial charge on any atom is 0.0645 e. The summed E-state index contributed by atoms with van der Waals surface area (Å²) in [6, 6.07) is 10.8. The van der Waals surface area contributed by atoms with Gasteiger partial charge in [-0.1, -0.05) is 17.7 Å². The number of nitrogens with zero attached hydrogens (tertiary/aromatic N) is 3. The highest BCUT2D eigenvalue weighted by atomic mass is 16.5. The Morgan fingerprint density at radius 1 is 1.10 bits per heavy atom. The van der Waals surface area contributed by atoms with Crippen molar-refractivity contribution in [3.8, 4) is 6.07 Å². The minimum absolute atomic E-state index is 0.487. The van der Waals surface area contributed by atoms with Crippen LogP contribution in [0.4, 0.5) is 5.69 Å². The molecule has 0 unspecified atom stereocenters. The first-order chi connectivity index (χ1) is 9.79. The van der Waals surface area contributed by atoms with Gasteiger partial charge < -0.3 is 9.64 Å². The number of rotatable bonds is 6. The van der Waals surface area contributed by atoms with Crippen molar-refractivity contribution >= 4 is 5.69 Å². The molecule has 0 saturated carbocycles. The zero-order valence-corrected chi connectivity index (χ0v) is 12.2. The summed E-state index contributed by atoms with van der Waals surface area (Å²) >= 11 is 0. The van der Waals surface area contributed by atoms with Crippen LogP contribution in [0.25, 0.3) is 0 Å². The van der Waals surface area contributed by atoms with Crippen LogP contribution in [0.2, 0.25) is 0 Å². The molecule has 4 nitrogen and oxygen atoms in total. The number of piperazine rings is 1. The van der Waals surface area contributed by atoms with Gasteiger partial charge in [0.15, 0.2) is 0 Å². The van der Waals surface area contributed by atoms with E-state index in [0.717, 1.165) is 39.3 Å². The second kappa shape index (κ2) is 7.88. The number of hydrogen-bond acceptors (Lipinski definition) is 4. The zero-order chi connectivity index (χ0) is 14.2. The summed E-state index contributed by atoms with van der Waals surface area (Å²) in [5.41, 5.74) is 2.63. The fourth-order valence-electron chi connectivity index (χ4n) is 2.40. The number of nitriles is 1. The molecular weight excluding hydrogens is 250 g/mol. The molecule has 1 saturated heterocycles. The third-order valence-electron chi connectivity index (χ3n) is 3.68. The van der Waals surface area contributed by atoms with Gasteiger partial charge in [0.05, 0.1) is 25.7 Å². The van der Waals surface area contributed by atoms with Crippen molar-refractivity contribution in [1.82, 2.24) is 4.90 Å². The molecule has 0 bridgehead atoms. The lowest BCUT2D eigenvalue weighted by atomic mass is 10.2. The van der Waals surface area contributed by atoms with Gasteiger partial charge in [-0.15, -0.1) is 0 Å². The fraction of sp³-hybridized carbons (Fsp3) is 0.562. The van der Waals surface area contributed by atoms with Crippen molar-refractivity contribution in [2.45, 2.75) is 13.3 Å². The smallest absolute Gasteiger partial charge is 0.0645 e. The fourth-order valence-corrected chi connectivity index (χ4v) is 2.40. The van der Waals surface area contributed by atoms with Gasteiger partial charge in [0, 0.05) is 38.4 Å². The second-order valence-corrected chi connectivity index (χ2v) is 5.18. The lowest BCUT2D eigenvalue weighted by Gasteiger charge is -2.36. The normalized spacial score (nSPS) is 16.1. The van der Waals surface area contributed by atoms with Crippen molar-refractivity contribution in [2.75, 3.05) is 50.8 Å². The second-order valence-electron chi connectivity index (χ2n) is 5.18. The molecule has 0 amide bonds. The highest BCUT2D eigenvalue weighted by molar-refractivity contribution is 5.47. The maximum absolute atomic E-state index is 8.42. The summed E-state index contributed by atoms with van der Waals surface area (Å²) in [6.45, 7) is 8.67. The van der Waals surface area contributed by atoms with Crippen LogP contribution >= 0.6 is 0 Å². The number of aryl methyl sites for hydroxylation is 1. The summed E-state index contributed by atoms with van der Waals surface area (Å²) in [7, 11) is 0. The molecule has 0 atom stereocenters. The van der Waals surface area contributed by atoms with E-state index in [1.807, 2.05) is 0 Å². The van der Waals surface area contributed by atoms with E-state index in [4.69, 9.17) is 10.00 Å². The molecule has 20 heavy (non-hydrogen) atoms. The molecule has 4 heteroatoms. The average Bonchev–Trinajstić information content (AvgIpc) is 2.49. The van der Waals surface area contributed by atoms with Crippen molar-refractivity contribution in [2.24, 2.45) is 0 Å². The maximum atomic E-state index is 8.42. The molecule has 2 rings (SSSR count). The van der Waals surface area contributed by atoms with Crippen LogP contribution < -0.4 is 4.90 Å². The zero-order valence-electron chi connectivity index (χ0n) is 12.2. The lowest BCUT2D eigenvalue weighted by Crippen LogP contribution is -2.47. The van der Waals surface area contributed by atoms with Crippen LogP contribution in [0.15, 0.2) is 24.3 Å². The van der Waals surface area contributed by atoms with Crippen LogP contribution in [0.3, 0.4) is 0 Å². The molecule has 0 aliphatic carbocycles. The van der Waals surface area contributed by atoms with E-state index in [1.54, 1.807) is 0 Å². The van der Waals surface area contributed by atoms with Crippen molar-refractivity contribution in [3.05, 3.63) is 29.8 Å². The van der Waals surface area contributed by atoms with Crippen molar-refractivity contribution < 1.29 is 4.74 Å². The van der Waals surface area contributed by atoms with Crippen LogP contribution in [0, 0.1) is 18.3 Å². The van der Waals surface area contributed by atoms with Crippen molar-refractivity contribution in [1.29, 1.82) is 5.26 Å². The molecule has 0 radical (unpaired) electrons. The predicted molar refractivity (Wildman–Crippen MR) is 80.9 cm³/mol. The monoisotopic (exact) mass is 273 g/mol. The Morgan fingerprint density at radius 2 is 1.80 bits per heavy atom. The Morgan fingerprint density at radius 3 is 2.45 bits per heavy atom. The van der Waals surface area contributed by atoms with Crippen LogP contribution in [-0.4, -0.2) is 50.8 Å². The van der Waals surface area contributed by atoms with Gasteiger partial charge in [-0.3, -0.25) is 4.90 Å². The first-order valence-corrected chi connectivity index (χ1v) is 7.28. The summed E-state index contributed by atoms with van der Waals surface area (Å²) in [6.07, 6.45) is 0.487. The van der Waals surface area contributed by atoms with Gasteiger partial charge in [-0.25, -0.2) is 0 Å².